The van der Waals surface area contributed by atoms with Crippen LogP contribution in [-0.2, 0) is 25.0 Å². The molecule has 2 aliphatic rings. The van der Waals surface area contributed by atoms with Crippen molar-refractivity contribution in [1.29, 1.82) is 0 Å². The highest BCUT2D eigenvalue weighted by atomic mass is 32.2. The number of carbonyl (C=O) groups excluding carboxylic acids is 1. The van der Waals surface area contributed by atoms with Crippen molar-refractivity contribution in [3.63, 3.8) is 0 Å². The molecule has 4 heterocycles. The minimum Gasteiger partial charge on any atom is -0.477 e. The fourth-order valence-electron chi connectivity index (χ4n) is 4.33. The van der Waals surface area contributed by atoms with Gasteiger partial charge in [-0.15, -0.1) is 0 Å². The van der Waals surface area contributed by atoms with Gasteiger partial charge in [0, 0.05) is 31.2 Å². The molecule has 1 amide bonds. The number of hydrogen-bond donors (Lipinski definition) is 2. The predicted molar refractivity (Wildman–Crippen MR) is 139 cm³/mol. The molecule has 1 aliphatic carbocycles. The second-order valence-electron chi connectivity index (χ2n) is 9.35. The van der Waals surface area contributed by atoms with Crippen LogP contribution in [0.4, 0.5) is 11.8 Å². The monoisotopic (exact) mass is 539 g/mol. The largest absolute Gasteiger partial charge is 0.477 e. The first kappa shape index (κ1) is 25.9. The van der Waals surface area contributed by atoms with Gasteiger partial charge in [0.05, 0.1) is 41.6 Å². The lowest BCUT2D eigenvalue weighted by atomic mass is 9.76. The summed E-state index contributed by atoms with van der Waals surface area (Å²) in [5.74, 6) is 0.663. The van der Waals surface area contributed by atoms with Gasteiger partial charge in [-0.2, -0.15) is 0 Å². The Kier molecular flexibility index (Phi) is 7.47. The van der Waals surface area contributed by atoms with E-state index in [2.05, 4.69) is 35.0 Å². The van der Waals surface area contributed by atoms with Gasteiger partial charge in [0.25, 0.3) is 0 Å². The number of anilines is 2. The van der Waals surface area contributed by atoms with Crippen molar-refractivity contribution in [3.05, 3.63) is 48.7 Å². The average Bonchev–Trinajstić information content (AvgIpc) is 3.73. The van der Waals surface area contributed by atoms with E-state index in [1.165, 1.54) is 6.20 Å². The van der Waals surface area contributed by atoms with E-state index in [0.29, 0.717) is 55.7 Å². The highest BCUT2D eigenvalue weighted by Crippen LogP contribution is 2.36. The topological polar surface area (TPSA) is 158 Å². The molecule has 38 heavy (non-hydrogen) atoms. The standard InChI is InChI=1S/C25H29N7O5S/c1-2-37-22-15-26-14-19(29-22)18-5-6-21(28-13-18)31-23(33)25(8-11-36-12-9-25)20-7-10-27-24(30-20)32-38(34,35)16-17-3-4-17/h5-7,10,13-15,17H,2-4,8-9,11-12,16H2,1H3,(H,27,30,32)(H,28,31,33). The first-order chi connectivity index (χ1) is 18.4. The number of nitrogens with zero attached hydrogens (tertiary/aromatic N) is 5. The molecule has 12 nitrogen and oxygen atoms in total. The van der Waals surface area contributed by atoms with Crippen molar-refractivity contribution in [3.8, 4) is 17.1 Å². The van der Waals surface area contributed by atoms with Crippen molar-refractivity contribution < 1.29 is 22.7 Å². The lowest BCUT2D eigenvalue weighted by molar-refractivity contribution is -0.125. The normalized spacial score (nSPS) is 17.0. The predicted octanol–water partition coefficient (Wildman–Crippen LogP) is 2.57. The number of pyridine rings is 1. The molecule has 2 fully saturated rings. The molecule has 5 rings (SSSR count). The number of nitrogens with one attached hydrogen (secondary N) is 2. The summed E-state index contributed by atoms with van der Waals surface area (Å²) in [5.41, 5.74) is 0.712. The van der Waals surface area contributed by atoms with Gasteiger partial charge < -0.3 is 14.8 Å². The SMILES string of the molecule is CCOc1cncc(-c2ccc(NC(=O)C3(c4ccnc(NS(=O)(=O)CC5CC5)n4)CCOCC3)nc2)n1. The van der Waals surface area contributed by atoms with Gasteiger partial charge in [-0.1, -0.05) is 0 Å². The number of rotatable bonds is 10. The zero-order valence-corrected chi connectivity index (χ0v) is 21.8. The highest BCUT2D eigenvalue weighted by Gasteiger charge is 2.43. The summed E-state index contributed by atoms with van der Waals surface area (Å²) in [7, 11) is -3.57. The Labute approximate surface area is 220 Å². The van der Waals surface area contributed by atoms with Gasteiger partial charge in [-0.3, -0.25) is 14.5 Å². The molecule has 1 aliphatic heterocycles. The maximum Gasteiger partial charge on any atom is 0.237 e. The van der Waals surface area contributed by atoms with E-state index in [0.717, 1.165) is 18.4 Å². The molecular weight excluding hydrogens is 510 g/mol. The van der Waals surface area contributed by atoms with Gasteiger partial charge >= 0.3 is 0 Å². The van der Waals surface area contributed by atoms with E-state index in [4.69, 9.17) is 9.47 Å². The van der Waals surface area contributed by atoms with Crippen molar-refractivity contribution >= 4 is 27.7 Å². The number of amides is 1. The molecule has 1 saturated carbocycles. The van der Waals surface area contributed by atoms with Gasteiger partial charge in [-0.05, 0) is 56.7 Å². The minimum absolute atomic E-state index is 0.0420. The van der Waals surface area contributed by atoms with Crippen LogP contribution < -0.4 is 14.8 Å². The maximum absolute atomic E-state index is 13.7. The van der Waals surface area contributed by atoms with Gasteiger partial charge in [0.15, 0.2) is 0 Å². The van der Waals surface area contributed by atoms with Gasteiger partial charge in [0.1, 0.15) is 5.82 Å². The summed E-state index contributed by atoms with van der Waals surface area (Å²) in [6, 6.07) is 5.12. The second-order valence-corrected chi connectivity index (χ2v) is 11.1. The molecule has 0 atom stereocenters. The van der Waals surface area contributed by atoms with Crippen molar-refractivity contribution in [2.45, 2.75) is 38.0 Å². The van der Waals surface area contributed by atoms with Crippen LogP contribution in [0.15, 0.2) is 43.0 Å². The van der Waals surface area contributed by atoms with Crippen LogP contribution in [-0.4, -0.2) is 64.8 Å². The van der Waals surface area contributed by atoms with E-state index in [1.807, 2.05) is 6.92 Å². The minimum atomic E-state index is -3.57. The summed E-state index contributed by atoms with van der Waals surface area (Å²) >= 11 is 0. The van der Waals surface area contributed by atoms with E-state index in [-0.39, 0.29) is 23.5 Å². The van der Waals surface area contributed by atoms with E-state index < -0.39 is 15.4 Å². The number of sulfonamides is 1. The summed E-state index contributed by atoms with van der Waals surface area (Å²) in [6.45, 7) is 3.07. The van der Waals surface area contributed by atoms with Crippen LogP contribution in [0.1, 0.15) is 38.3 Å². The Balaban J connectivity index is 1.35. The lowest BCUT2D eigenvalue weighted by Crippen LogP contribution is -2.45. The molecule has 0 bridgehead atoms. The van der Waals surface area contributed by atoms with Gasteiger partial charge in [0.2, 0.25) is 27.8 Å². The van der Waals surface area contributed by atoms with Crippen LogP contribution in [0, 0.1) is 5.92 Å². The highest BCUT2D eigenvalue weighted by molar-refractivity contribution is 7.92. The molecule has 0 spiro atoms. The van der Waals surface area contributed by atoms with Crippen molar-refractivity contribution in [2.75, 3.05) is 35.6 Å². The lowest BCUT2D eigenvalue weighted by Gasteiger charge is -2.35. The second kappa shape index (κ2) is 11.0. The molecule has 3 aromatic rings. The molecular formula is C25H29N7O5S. The fourth-order valence-corrected chi connectivity index (χ4v) is 5.74. The van der Waals surface area contributed by atoms with Crippen LogP contribution in [0.3, 0.4) is 0 Å². The molecule has 200 valence electrons. The van der Waals surface area contributed by atoms with Crippen LogP contribution >= 0.6 is 0 Å². The molecule has 2 N–H and O–H groups in total. The summed E-state index contributed by atoms with van der Waals surface area (Å²) < 4.78 is 38.3. The third-order valence-corrected chi connectivity index (χ3v) is 7.94. The number of carbonyl (C=O) groups is 1. The summed E-state index contributed by atoms with van der Waals surface area (Å²) in [4.78, 5) is 35.2. The number of hydrogen-bond acceptors (Lipinski definition) is 10. The van der Waals surface area contributed by atoms with E-state index >= 15 is 0 Å². The van der Waals surface area contributed by atoms with Crippen LogP contribution in [0.5, 0.6) is 5.88 Å². The van der Waals surface area contributed by atoms with Crippen LogP contribution in [0.2, 0.25) is 0 Å². The molecule has 3 aromatic heterocycles. The van der Waals surface area contributed by atoms with Crippen molar-refractivity contribution in [2.24, 2.45) is 5.92 Å². The zero-order chi connectivity index (χ0) is 26.6. The number of ether oxygens (including phenoxy) is 2. The zero-order valence-electron chi connectivity index (χ0n) is 21.0. The average molecular weight is 540 g/mol. The Morgan fingerprint density at radius 2 is 1.92 bits per heavy atom. The Morgan fingerprint density at radius 1 is 1.11 bits per heavy atom. The third-order valence-electron chi connectivity index (χ3n) is 6.53. The number of aromatic nitrogens is 5. The van der Waals surface area contributed by atoms with E-state index in [9.17, 15) is 13.2 Å². The van der Waals surface area contributed by atoms with Gasteiger partial charge in [-0.25, -0.2) is 28.4 Å². The molecule has 0 unspecified atom stereocenters. The molecule has 0 aromatic carbocycles. The van der Waals surface area contributed by atoms with Crippen molar-refractivity contribution in [1.82, 2.24) is 24.9 Å². The Hall–Kier alpha value is -3.71. The fraction of sp³-hybridized carbons (Fsp3) is 0.440. The smallest absolute Gasteiger partial charge is 0.237 e. The molecule has 1 saturated heterocycles. The summed E-state index contributed by atoms with van der Waals surface area (Å²) in [5, 5.41) is 2.90. The Morgan fingerprint density at radius 3 is 2.63 bits per heavy atom. The first-order valence-corrected chi connectivity index (χ1v) is 14.2. The quantitative estimate of drug-likeness (QED) is 0.392. The third kappa shape index (κ3) is 6.05. The first-order valence-electron chi connectivity index (χ1n) is 12.5. The Bertz CT molecular complexity index is 1390. The van der Waals surface area contributed by atoms with E-state index in [1.54, 1.807) is 36.8 Å². The maximum atomic E-state index is 13.7. The summed E-state index contributed by atoms with van der Waals surface area (Å²) in [6.07, 6.45) is 8.79. The molecule has 0 radical (unpaired) electrons. The van der Waals surface area contributed by atoms with Crippen LogP contribution in [0.25, 0.3) is 11.3 Å². The molecule has 13 heteroatoms.